The van der Waals surface area contributed by atoms with Crippen LogP contribution in [0.4, 0.5) is 0 Å². The van der Waals surface area contributed by atoms with Crippen LogP contribution in [0.15, 0.2) is 42.9 Å². The first kappa shape index (κ1) is 17.5. The van der Waals surface area contributed by atoms with Crippen molar-refractivity contribution in [2.75, 3.05) is 7.11 Å². The predicted molar refractivity (Wildman–Crippen MR) is 101 cm³/mol. The molecule has 1 N–H and O–H groups in total. The smallest absolute Gasteiger partial charge is 0.189 e. The van der Waals surface area contributed by atoms with E-state index in [4.69, 9.17) is 16.3 Å². The van der Waals surface area contributed by atoms with Crippen molar-refractivity contribution in [3.8, 4) is 0 Å². The van der Waals surface area contributed by atoms with Gasteiger partial charge in [-0.25, -0.2) is 9.97 Å². The van der Waals surface area contributed by atoms with Gasteiger partial charge in [-0.05, 0) is 43.7 Å². The first-order valence-corrected chi connectivity index (χ1v) is 9.22. The van der Waals surface area contributed by atoms with Crippen molar-refractivity contribution in [3.05, 3.63) is 59.1 Å². The number of fused-ring (bicyclic) bond motifs is 1. The molecule has 0 radical (unpaired) electrons. The van der Waals surface area contributed by atoms with E-state index in [2.05, 4.69) is 32.9 Å². The molecular weight excluding hydrogens is 350 g/mol. The summed E-state index contributed by atoms with van der Waals surface area (Å²) in [6.07, 6.45) is 6.79. The highest BCUT2D eigenvalue weighted by Crippen LogP contribution is 2.43. The van der Waals surface area contributed by atoms with E-state index in [0.717, 1.165) is 35.9 Å². The van der Waals surface area contributed by atoms with Gasteiger partial charge in [-0.15, -0.1) is 0 Å². The van der Waals surface area contributed by atoms with Crippen LogP contribution in [0.25, 0.3) is 11.0 Å². The maximum Gasteiger partial charge on any atom is 0.189 e. The first-order valence-electron chi connectivity index (χ1n) is 8.84. The lowest BCUT2D eigenvalue weighted by Gasteiger charge is -2.23. The van der Waals surface area contributed by atoms with Gasteiger partial charge in [0.15, 0.2) is 5.79 Å². The Morgan fingerprint density at radius 2 is 2.12 bits per heavy atom. The van der Waals surface area contributed by atoms with Crippen molar-refractivity contribution >= 4 is 22.6 Å². The van der Waals surface area contributed by atoms with Gasteiger partial charge in [0.2, 0.25) is 0 Å². The summed E-state index contributed by atoms with van der Waals surface area (Å²) >= 11 is 6.18. The molecule has 2 heterocycles. The van der Waals surface area contributed by atoms with Crippen molar-refractivity contribution in [1.82, 2.24) is 14.5 Å². The van der Waals surface area contributed by atoms with Crippen LogP contribution in [0, 0.1) is 0 Å². The van der Waals surface area contributed by atoms with Gasteiger partial charge in [0.1, 0.15) is 17.1 Å². The number of aromatic nitrogens is 3. The summed E-state index contributed by atoms with van der Waals surface area (Å²) in [6.45, 7) is 1.67. The molecule has 1 fully saturated rings. The number of nitrogens with zero attached hydrogens (tertiary/aromatic N) is 3. The Morgan fingerprint density at radius 1 is 1.27 bits per heavy atom. The molecule has 1 aliphatic rings. The second kappa shape index (κ2) is 6.65. The maximum atomic E-state index is 10.4. The Balaban J connectivity index is 1.59. The van der Waals surface area contributed by atoms with E-state index in [1.54, 1.807) is 6.92 Å². The number of hydrogen-bond acceptors (Lipinski definition) is 4. The van der Waals surface area contributed by atoms with Crippen LogP contribution >= 0.6 is 11.6 Å². The number of hydrogen-bond donors (Lipinski definition) is 1. The average Bonchev–Trinajstić information content (AvgIpc) is 3.29. The molecule has 1 aliphatic carbocycles. The van der Waals surface area contributed by atoms with Crippen LogP contribution < -0.4 is 0 Å². The van der Waals surface area contributed by atoms with Crippen LogP contribution in [0.3, 0.4) is 0 Å². The highest BCUT2D eigenvalue weighted by Gasteiger charge is 2.30. The van der Waals surface area contributed by atoms with Gasteiger partial charge in [0, 0.05) is 24.9 Å². The van der Waals surface area contributed by atoms with Crippen LogP contribution in [0.5, 0.6) is 0 Å². The minimum Gasteiger partial charge on any atom is -0.362 e. The van der Waals surface area contributed by atoms with Crippen molar-refractivity contribution < 1.29 is 9.84 Å². The van der Waals surface area contributed by atoms with Gasteiger partial charge in [0.05, 0.1) is 5.39 Å². The summed E-state index contributed by atoms with van der Waals surface area (Å²) in [5.74, 6) is -0.819. The number of aliphatic hydroxyl groups is 1. The first-order chi connectivity index (χ1) is 12.5. The summed E-state index contributed by atoms with van der Waals surface area (Å²) < 4.78 is 7.43. The molecule has 0 aliphatic heterocycles. The summed E-state index contributed by atoms with van der Waals surface area (Å²) in [4.78, 5) is 8.48. The van der Waals surface area contributed by atoms with E-state index in [0.29, 0.717) is 17.1 Å². The molecule has 2 aromatic heterocycles. The summed E-state index contributed by atoms with van der Waals surface area (Å²) in [5, 5.41) is 11.8. The molecule has 5 nitrogen and oxygen atoms in total. The third-order valence-corrected chi connectivity index (χ3v) is 5.85. The Hall–Kier alpha value is -1.95. The second-order valence-corrected chi connectivity index (χ2v) is 7.46. The molecule has 3 atom stereocenters. The zero-order valence-corrected chi connectivity index (χ0v) is 15.6. The minimum absolute atomic E-state index is 0.384. The number of benzene rings is 1. The van der Waals surface area contributed by atoms with E-state index in [1.807, 2.05) is 18.2 Å². The third kappa shape index (κ3) is 3.00. The lowest BCUT2D eigenvalue weighted by Crippen LogP contribution is -2.23. The van der Waals surface area contributed by atoms with Crippen molar-refractivity contribution in [1.29, 1.82) is 0 Å². The molecule has 0 spiro atoms. The quantitative estimate of drug-likeness (QED) is 0.545. The molecule has 0 bridgehead atoms. The highest BCUT2D eigenvalue weighted by atomic mass is 35.5. The van der Waals surface area contributed by atoms with Crippen LogP contribution in [0.1, 0.15) is 49.3 Å². The monoisotopic (exact) mass is 371 g/mol. The summed E-state index contributed by atoms with van der Waals surface area (Å²) in [6, 6.07) is 10.5. The minimum atomic E-state index is -1.27. The van der Waals surface area contributed by atoms with Crippen molar-refractivity contribution in [2.45, 2.75) is 43.9 Å². The highest BCUT2D eigenvalue weighted by molar-refractivity contribution is 6.33. The van der Waals surface area contributed by atoms with E-state index in [1.165, 1.54) is 19.0 Å². The Labute approximate surface area is 157 Å². The van der Waals surface area contributed by atoms with Gasteiger partial charge in [-0.1, -0.05) is 35.9 Å². The Morgan fingerprint density at radius 3 is 2.92 bits per heavy atom. The standard InChI is InChI=1S/C20H22ClN3O2/c1-20(25,26-2)15-5-3-4-13(10-15)14-6-7-16(11-14)24-9-8-17-18(21)22-12-23-19(17)24/h3-5,8-10,12,14,16,25H,6-7,11H2,1-2H3. The molecule has 136 valence electrons. The SMILES string of the molecule is COC(C)(O)c1cccc(C2CCC(n3ccc4c(Cl)ncnc43)C2)c1. The van der Waals surface area contributed by atoms with E-state index >= 15 is 0 Å². The third-order valence-electron chi connectivity index (χ3n) is 5.55. The molecular formula is C20H22ClN3O2. The van der Waals surface area contributed by atoms with Crippen LogP contribution in [-0.4, -0.2) is 26.8 Å². The average molecular weight is 372 g/mol. The van der Waals surface area contributed by atoms with Gasteiger partial charge in [-0.3, -0.25) is 0 Å². The van der Waals surface area contributed by atoms with Gasteiger partial charge in [0.25, 0.3) is 0 Å². The Bertz CT molecular complexity index is 938. The van der Waals surface area contributed by atoms with Crippen molar-refractivity contribution in [2.24, 2.45) is 0 Å². The lowest BCUT2D eigenvalue weighted by molar-refractivity contribution is -0.179. The molecule has 4 rings (SSSR count). The number of methoxy groups -OCH3 is 1. The molecule has 3 unspecified atom stereocenters. The summed E-state index contributed by atoms with van der Waals surface area (Å²) in [7, 11) is 1.52. The molecule has 6 heteroatoms. The predicted octanol–water partition coefficient (Wildman–Crippen LogP) is 4.40. The Kier molecular flexibility index (Phi) is 4.47. The molecule has 3 aromatic rings. The molecule has 26 heavy (non-hydrogen) atoms. The van der Waals surface area contributed by atoms with Crippen molar-refractivity contribution in [3.63, 3.8) is 0 Å². The number of halogens is 1. The number of ether oxygens (including phenoxy) is 1. The number of rotatable bonds is 4. The van der Waals surface area contributed by atoms with Crippen LogP contribution in [-0.2, 0) is 10.5 Å². The zero-order valence-electron chi connectivity index (χ0n) is 14.9. The zero-order chi connectivity index (χ0) is 18.3. The fourth-order valence-corrected chi connectivity index (χ4v) is 4.14. The second-order valence-electron chi connectivity index (χ2n) is 7.10. The largest absolute Gasteiger partial charge is 0.362 e. The van der Waals surface area contributed by atoms with Crippen LogP contribution in [0.2, 0.25) is 5.15 Å². The molecule has 0 saturated heterocycles. The van der Waals surface area contributed by atoms with Gasteiger partial charge >= 0.3 is 0 Å². The lowest BCUT2D eigenvalue weighted by atomic mass is 9.94. The van der Waals surface area contributed by atoms with Gasteiger partial charge < -0.3 is 14.4 Å². The fraction of sp³-hybridized carbons (Fsp3) is 0.400. The topological polar surface area (TPSA) is 60.2 Å². The fourth-order valence-electron chi connectivity index (χ4n) is 3.95. The summed E-state index contributed by atoms with van der Waals surface area (Å²) in [5.41, 5.74) is 2.92. The molecule has 0 amide bonds. The van der Waals surface area contributed by atoms with Gasteiger partial charge in [-0.2, -0.15) is 0 Å². The normalized spacial score (nSPS) is 22.6. The van der Waals surface area contributed by atoms with E-state index in [9.17, 15) is 5.11 Å². The molecule has 1 aromatic carbocycles. The maximum absolute atomic E-state index is 10.4. The van der Waals surface area contributed by atoms with E-state index in [-0.39, 0.29) is 0 Å². The molecule has 1 saturated carbocycles. The van der Waals surface area contributed by atoms with E-state index < -0.39 is 5.79 Å².